The number of hydrogen-bond acceptors (Lipinski definition) is 4. The zero-order chi connectivity index (χ0) is 13.0. The summed E-state index contributed by atoms with van der Waals surface area (Å²) >= 11 is 17.5. The lowest BCUT2D eigenvalue weighted by molar-refractivity contribution is 0.944. The third-order valence-electron chi connectivity index (χ3n) is 2.25. The van der Waals surface area contributed by atoms with E-state index in [4.69, 9.17) is 34.8 Å². The molecule has 1 N–H and O–H groups in total. The number of rotatable bonds is 4. The molecule has 2 aromatic rings. The standard InChI is InChI=1S/C11H9Cl3N4/c12-8-2-1-7(9(13)5-8)3-4-15-10-6-16-18-11(14)17-10/h1-2,5-6H,3-4H2,(H,15,17,18). The molecule has 18 heavy (non-hydrogen) atoms. The maximum Gasteiger partial charge on any atom is 0.244 e. The summed E-state index contributed by atoms with van der Waals surface area (Å²) in [5.41, 5.74) is 1.02. The fourth-order valence-electron chi connectivity index (χ4n) is 1.42. The minimum atomic E-state index is 0.115. The van der Waals surface area contributed by atoms with Crippen LogP contribution in [0.15, 0.2) is 24.4 Å². The second-order valence-electron chi connectivity index (χ2n) is 3.52. The second kappa shape index (κ2) is 6.18. The zero-order valence-corrected chi connectivity index (χ0v) is 11.5. The van der Waals surface area contributed by atoms with Crippen LogP contribution in [0.5, 0.6) is 0 Å². The molecule has 0 fully saturated rings. The highest BCUT2D eigenvalue weighted by Crippen LogP contribution is 2.21. The van der Waals surface area contributed by atoms with Crippen molar-refractivity contribution in [3.63, 3.8) is 0 Å². The molecule has 0 radical (unpaired) electrons. The fraction of sp³-hybridized carbons (Fsp3) is 0.182. The van der Waals surface area contributed by atoms with Crippen molar-refractivity contribution in [3.05, 3.63) is 45.3 Å². The van der Waals surface area contributed by atoms with Crippen LogP contribution < -0.4 is 5.32 Å². The fourth-order valence-corrected chi connectivity index (χ4v) is 2.05. The van der Waals surface area contributed by atoms with Gasteiger partial charge in [0.2, 0.25) is 5.28 Å². The highest BCUT2D eigenvalue weighted by Gasteiger charge is 2.02. The maximum atomic E-state index is 6.07. The van der Waals surface area contributed by atoms with Gasteiger partial charge in [0.05, 0.1) is 6.20 Å². The van der Waals surface area contributed by atoms with Gasteiger partial charge in [-0.05, 0) is 35.7 Å². The lowest BCUT2D eigenvalue weighted by Crippen LogP contribution is -2.07. The summed E-state index contributed by atoms with van der Waals surface area (Å²) in [6.45, 7) is 0.663. The van der Waals surface area contributed by atoms with E-state index < -0.39 is 0 Å². The number of aromatic nitrogens is 3. The van der Waals surface area contributed by atoms with Crippen LogP contribution in [-0.4, -0.2) is 21.7 Å². The third kappa shape index (κ3) is 3.70. The minimum absolute atomic E-state index is 0.115. The van der Waals surface area contributed by atoms with Gasteiger partial charge in [0.1, 0.15) is 5.82 Å². The zero-order valence-electron chi connectivity index (χ0n) is 9.20. The van der Waals surface area contributed by atoms with Gasteiger partial charge in [0, 0.05) is 16.6 Å². The Morgan fingerprint density at radius 1 is 1.17 bits per heavy atom. The number of nitrogens with zero attached hydrogens (tertiary/aromatic N) is 3. The molecule has 0 saturated carbocycles. The van der Waals surface area contributed by atoms with E-state index in [0.717, 1.165) is 12.0 Å². The number of anilines is 1. The number of nitrogens with one attached hydrogen (secondary N) is 1. The van der Waals surface area contributed by atoms with Crippen molar-refractivity contribution in [1.29, 1.82) is 0 Å². The van der Waals surface area contributed by atoms with E-state index in [0.29, 0.717) is 22.4 Å². The Morgan fingerprint density at radius 3 is 2.72 bits per heavy atom. The van der Waals surface area contributed by atoms with Gasteiger partial charge in [-0.3, -0.25) is 0 Å². The molecular formula is C11H9Cl3N4. The molecule has 2 rings (SSSR count). The van der Waals surface area contributed by atoms with Crippen LogP contribution in [0.4, 0.5) is 5.82 Å². The molecule has 0 atom stereocenters. The van der Waals surface area contributed by atoms with Gasteiger partial charge in [0.15, 0.2) is 0 Å². The van der Waals surface area contributed by atoms with Crippen LogP contribution in [0, 0.1) is 0 Å². The van der Waals surface area contributed by atoms with Crippen molar-refractivity contribution in [3.8, 4) is 0 Å². The smallest absolute Gasteiger partial charge is 0.244 e. The SMILES string of the molecule is Clc1ccc(CCNc2cnnc(Cl)n2)c(Cl)c1. The molecule has 0 amide bonds. The van der Waals surface area contributed by atoms with Crippen LogP contribution in [0.1, 0.15) is 5.56 Å². The van der Waals surface area contributed by atoms with Gasteiger partial charge >= 0.3 is 0 Å². The Hall–Kier alpha value is -1.10. The predicted octanol–water partition coefficient (Wildman–Crippen LogP) is 3.49. The third-order valence-corrected chi connectivity index (χ3v) is 3.00. The molecule has 0 unspecified atom stereocenters. The Kier molecular flexibility index (Phi) is 4.58. The molecule has 0 saturated heterocycles. The molecule has 7 heteroatoms. The average Bonchev–Trinajstić information content (AvgIpc) is 2.32. The quantitative estimate of drug-likeness (QED) is 0.939. The monoisotopic (exact) mass is 302 g/mol. The second-order valence-corrected chi connectivity index (χ2v) is 4.70. The Balaban J connectivity index is 1.92. The van der Waals surface area contributed by atoms with Crippen molar-refractivity contribution in [2.24, 2.45) is 0 Å². The number of halogens is 3. The van der Waals surface area contributed by atoms with Gasteiger partial charge in [0.25, 0.3) is 0 Å². The first-order valence-electron chi connectivity index (χ1n) is 5.18. The predicted molar refractivity (Wildman–Crippen MR) is 73.5 cm³/mol. The van der Waals surface area contributed by atoms with Crippen LogP contribution in [0.25, 0.3) is 0 Å². The summed E-state index contributed by atoms with van der Waals surface area (Å²) in [5.74, 6) is 0.583. The first kappa shape index (κ1) is 13.3. The molecular weight excluding hydrogens is 295 g/mol. The summed E-state index contributed by atoms with van der Waals surface area (Å²) in [5, 5.41) is 11.7. The van der Waals surface area contributed by atoms with E-state index in [2.05, 4.69) is 20.5 Å². The van der Waals surface area contributed by atoms with Crippen molar-refractivity contribution >= 4 is 40.6 Å². The van der Waals surface area contributed by atoms with E-state index in [9.17, 15) is 0 Å². The van der Waals surface area contributed by atoms with E-state index in [1.165, 1.54) is 6.20 Å². The molecule has 0 aliphatic carbocycles. The summed E-state index contributed by atoms with van der Waals surface area (Å²) in [6, 6.07) is 5.44. The molecule has 1 aromatic carbocycles. The summed E-state index contributed by atoms with van der Waals surface area (Å²) < 4.78 is 0. The van der Waals surface area contributed by atoms with Gasteiger partial charge < -0.3 is 5.32 Å². The van der Waals surface area contributed by atoms with Crippen molar-refractivity contribution in [1.82, 2.24) is 15.2 Å². The molecule has 1 heterocycles. The van der Waals surface area contributed by atoms with E-state index >= 15 is 0 Å². The van der Waals surface area contributed by atoms with Crippen LogP contribution in [0.2, 0.25) is 15.3 Å². The largest absolute Gasteiger partial charge is 0.368 e. The summed E-state index contributed by atoms with van der Waals surface area (Å²) in [7, 11) is 0. The molecule has 0 bridgehead atoms. The molecule has 94 valence electrons. The van der Waals surface area contributed by atoms with Crippen molar-refractivity contribution < 1.29 is 0 Å². The maximum absolute atomic E-state index is 6.07. The van der Waals surface area contributed by atoms with Gasteiger partial charge in [-0.1, -0.05) is 29.3 Å². The first-order valence-corrected chi connectivity index (χ1v) is 6.31. The Labute approximate surface area is 119 Å². The lowest BCUT2D eigenvalue weighted by atomic mass is 10.1. The average molecular weight is 304 g/mol. The minimum Gasteiger partial charge on any atom is -0.368 e. The van der Waals surface area contributed by atoms with E-state index in [1.807, 2.05) is 12.1 Å². The van der Waals surface area contributed by atoms with Crippen LogP contribution >= 0.6 is 34.8 Å². The molecule has 0 aliphatic rings. The normalized spacial score (nSPS) is 10.4. The molecule has 0 aliphatic heterocycles. The highest BCUT2D eigenvalue weighted by atomic mass is 35.5. The number of hydrogen-bond donors (Lipinski definition) is 1. The van der Waals surface area contributed by atoms with Gasteiger partial charge in [-0.2, -0.15) is 10.1 Å². The van der Waals surface area contributed by atoms with Crippen molar-refractivity contribution in [2.45, 2.75) is 6.42 Å². The van der Waals surface area contributed by atoms with Crippen LogP contribution in [-0.2, 0) is 6.42 Å². The Morgan fingerprint density at radius 2 is 2.00 bits per heavy atom. The Bertz CT molecular complexity index is 548. The van der Waals surface area contributed by atoms with Crippen molar-refractivity contribution in [2.75, 3.05) is 11.9 Å². The highest BCUT2D eigenvalue weighted by molar-refractivity contribution is 6.35. The van der Waals surface area contributed by atoms with Crippen LogP contribution in [0.3, 0.4) is 0 Å². The molecule has 0 spiro atoms. The summed E-state index contributed by atoms with van der Waals surface area (Å²) in [6.07, 6.45) is 2.26. The summed E-state index contributed by atoms with van der Waals surface area (Å²) in [4.78, 5) is 3.97. The topological polar surface area (TPSA) is 50.7 Å². The van der Waals surface area contributed by atoms with Gasteiger partial charge in [-0.25, -0.2) is 0 Å². The van der Waals surface area contributed by atoms with E-state index in [1.54, 1.807) is 6.07 Å². The molecule has 1 aromatic heterocycles. The number of benzene rings is 1. The molecule has 4 nitrogen and oxygen atoms in total. The first-order chi connectivity index (χ1) is 8.65. The lowest BCUT2D eigenvalue weighted by Gasteiger charge is -2.06. The van der Waals surface area contributed by atoms with Gasteiger partial charge in [-0.15, -0.1) is 5.10 Å². The van der Waals surface area contributed by atoms with E-state index in [-0.39, 0.29) is 5.28 Å².